The van der Waals surface area contributed by atoms with Crippen molar-refractivity contribution < 1.29 is 9.59 Å². The maximum Gasteiger partial charge on any atom is 0.226 e. The van der Waals surface area contributed by atoms with Crippen LogP contribution in [0.4, 0.5) is 11.4 Å². The lowest BCUT2D eigenvalue weighted by Gasteiger charge is -2.11. The maximum atomic E-state index is 12.0. The van der Waals surface area contributed by atoms with Gasteiger partial charge in [-0.1, -0.05) is 44.2 Å². The molecule has 0 spiro atoms. The van der Waals surface area contributed by atoms with Crippen LogP contribution >= 0.6 is 12.2 Å². The Balaban J connectivity index is 1.76. The third-order valence-corrected chi connectivity index (χ3v) is 3.96. The van der Waals surface area contributed by atoms with Crippen LogP contribution in [0.1, 0.15) is 32.3 Å². The van der Waals surface area contributed by atoms with Gasteiger partial charge in [-0.15, -0.1) is 0 Å². The van der Waals surface area contributed by atoms with E-state index >= 15 is 0 Å². The monoisotopic (exact) mass is 383 g/mol. The number of amides is 2. The van der Waals surface area contributed by atoms with Crippen LogP contribution in [-0.2, 0) is 16.0 Å². The highest BCUT2D eigenvalue weighted by atomic mass is 32.1. The smallest absolute Gasteiger partial charge is 0.226 e. The fourth-order valence-corrected chi connectivity index (χ4v) is 2.71. The number of rotatable bonds is 7. The number of nitrogens with one attached hydrogen (secondary N) is 3. The summed E-state index contributed by atoms with van der Waals surface area (Å²) in [6.07, 6.45) is 1.52. The minimum atomic E-state index is -0.131. The van der Waals surface area contributed by atoms with Gasteiger partial charge < -0.3 is 16.0 Å². The average Bonchev–Trinajstić information content (AvgIpc) is 2.62. The number of hydrogen-bond acceptors (Lipinski definition) is 3. The fraction of sp³-hybridized carbons (Fsp3) is 0.286. The summed E-state index contributed by atoms with van der Waals surface area (Å²) in [5.74, 6) is 0.176. The molecular weight excluding hydrogens is 358 g/mol. The molecule has 0 aliphatic heterocycles. The number of benzene rings is 2. The molecule has 0 saturated heterocycles. The van der Waals surface area contributed by atoms with Crippen LogP contribution in [0.15, 0.2) is 54.6 Å². The normalized spacial score (nSPS) is 10.3. The van der Waals surface area contributed by atoms with Gasteiger partial charge in [-0.25, -0.2) is 0 Å². The zero-order valence-electron chi connectivity index (χ0n) is 15.6. The van der Waals surface area contributed by atoms with E-state index in [9.17, 15) is 9.59 Å². The molecule has 0 saturated carbocycles. The van der Waals surface area contributed by atoms with Gasteiger partial charge in [-0.3, -0.25) is 9.59 Å². The van der Waals surface area contributed by atoms with E-state index < -0.39 is 0 Å². The van der Waals surface area contributed by atoms with Gasteiger partial charge in [0.1, 0.15) is 0 Å². The van der Waals surface area contributed by atoms with Crippen LogP contribution in [0.2, 0.25) is 0 Å². The first-order valence-electron chi connectivity index (χ1n) is 8.97. The Morgan fingerprint density at radius 1 is 0.889 bits per heavy atom. The lowest BCUT2D eigenvalue weighted by atomic mass is 10.1. The Morgan fingerprint density at radius 3 is 2.07 bits per heavy atom. The van der Waals surface area contributed by atoms with E-state index in [-0.39, 0.29) is 16.9 Å². The summed E-state index contributed by atoms with van der Waals surface area (Å²) in [6, 6.07) is 17.0. The molecule has 0 aliphatic carbocycles. The van der Waals surface area contributed by atoms with Crippen molar-refractivity contribution in [3.8, 4) is 0 Å². The van der Waals surface area contributed by atoms with E-state index in [1.54, 1.807) is 24.3 Å². The molecule has 2 aromatic carbocycles. The Kier molecular flexibility index (Phi) is 7.95. The van der Waals surface area contributed by atoms with Gasteiger partial charge in [0.05, 0.1) is 0 Å². The topological polar surface area (TPSA) is 70.2 Å². The van der Waals surface area contributed by atoms with Gasteiger partial charge >= 0.3 is 0 Å². The predicted molar refractivity (Wildman–Crippen MR) is 114 cm³/mol. The average molecular weight is 384 g/mol. The molecule has 0 radical (unpaired) electrons. The zero-order chi connectivity index (χ0) is 19.6. The second-order valence-corrected chi connectivity index (χ2v) is 7.12. The SMILES string of the molecule is CC(C)CC(=O)Nc1ccc(NC(=S)NC(=O)CCc2ccccc2)cc1. The lowest BCUT2D eigenvalue weighted by Crippen LogP contribution is -2.34. The second kappa shape index (κ2) is 10.4. The first-order chi connectivity index (χ1) is 12.9. The van der Waals surface area contributed by atoms with Gasteiger partial charge in [0.25, 0.3) is 0 Å². The van der Waals surface area contributed by atoms with Crippen molar-refractivity contribution in [3.05, 3.63) is 60.2 Å². The third-order valence-electron chi connectivity index (χ3n) is 3.76. The van der Waals surface area contributed by atoms with Crippen LogP contribution in [-0.4, -0.2) is 16.9 Å². The number of thiocarbonyl (C=S) groups is 1. The molecule has 0 aromatic heterocycles. The summed E-state index contributed by atoms with van der Waals surface area (Å²) in [5, 5.41) is 8.75. The van der Waals surface area contributed by atoms with E-state index in [2.05, 4.69) is 16.0 Å². The minimum absolute atomic E-state index is 0.00749. The summed E-state index contributed by atoms with van der Waals surface area (Å²) >= 11 is 5.18. The highest BCUT2D eigenvalue weighted by Crippen LogP contribution is 2.14. The highest BCUT2D eigenvalue weighted by molar-refractivity contribution is 7.80. The van der Waals surface area contributed by atoms with Gasteiger partial charge in [0, 0.05) is 24.2 Å². The van der Waals surface area contributed by atoms with Crippen LogP contribution in [0.25, 0.3) is 0 Å². The first-order valence-corrected chi connectivity index (χ1v) is 9.38. The van der Waals surface area contributed by atoms with Crippen molar-refractivity contribution >= 4 is 40.5 Å². The lowest BCUT2D eigenvalue weighted by molar-refractivity contribution is -0.119. The largest absolute Gasteiger partial charge is 0.332 e. The molecule has 0 fully saturated rings. The number of hydrogen-bond donors (Lipinski definition) is 3. The number of carbonyl (C=O) groups excluding carboxylic acids is 2. The van der Waals surface area contributed by atoms with Gasteiger partial charge in [-0.2, -0.15) is 0 Å². The molecule has 0 bridgehead atoms. The minimum Gasteiger partial charge on any atom is -0.332 e. The Hall–Kier alpha value is -2.73. The summed E-state index contributed by atoms with van der Waals surface area (Å²) < 4.78 is 0. The Morgan fingerprint density at radius 2 is 1.48 bits per heavy atom. The van der Waals surface area contributed by atoms with Crippen molar-refractivity contribution in [3.63, 3.8) is 0 Å². The van der Waals surface area contributed by atoms with E-state index in [1.807, 2.05) is 44.2 Å². The van der Waals surface area contributed by atoms with Crippen molar-refractivity contribution in [2.45, 2.75) is 33.1 Å². The van der Waals surface area contributed by atoms with Gasteiger partial charge in [0.15, 0.2) is 5.11 Å². The molecule has 2 rings (SSSR count). The maximum absolute atomic E-state index is 12.0. The fourth-order valence-electron chi connectivity index (χ4n) is 2.47. The standard InChI is InChI=1S/C21H25N3O2S/c1-15(2)14-20(26)22-17-9-11-18(12-10-17)23-21(27)24-19(25)13-8-16-6-4-3-5-7-16/h3-7,9-12,15H,8,13-14H2,1-2H3,(H,22,26)(H2,23,24,25,27). The molecule has 0 unspecified atom stereocenters. The highest BCUT2D eigenvalue weighted by Gasteiger charge is 2.07. The molecule has 0 heterocycles. The van der Waals surface area contributed by atoms with Gasteiger partial charge in [0.2, 0.25) is 11.8 Å². The quantitative estimate of drug-likeness (QED) is 0.629. The van der Waals surface area contributed by atoms with E-state index in [4.69, 9.17) is 12.2 Å². The molecule has 3 N–H and O–H groups in total. The summed E-state index contributed by atoms with van der Waals surface area (Å²) in [4.78, 5) is 23.8. The first kappa shape index (κ1) is 20.6. The van der Waals surface area contributed by atoms with Crippen molar-refractivity contribution in [1.29, 1.82) is 0 Å². The number of carbonyl (C=O) groups is 2. The second-order valence-electron chi connectivity index (χ2n) is 6.71. The summed E-state index contributed by atoms with van der Waals surface area (Å²) in [5.41, 5.74) is 2.58. The van der Waals surface area contributed by atoms with Crippen molar-refractivity contribution in [2.24, 2.45) is 5.92 Å². The third kappa shape index (κ3) is 8.00. The van der Waals surface area contributed by atoms with E-state index in [0.717, 1.165) is 16.9 Å². The van der Waals surface area contributed by atoms with Gasteiger partial charge in [-0.05, 0) is 54.4 Å². The molecule has 27 heavy (non-hydrogen) atoms. The Labute approximate surface area is 165 Å². The van der Waals surface area contributed by atoms with Crippen molar-refractivity contribution in [2.75, 3.05) is 10.6 Å². The summed E-state index contributed by atoms with van der Waals surface area (Å²) in [7, 11) is 0. The van der Waals surface area contributed by atoms with E-state index in [0.29, 0.717) is 25.2 Å². The summed E-state index contributed by atoms with van der Waals surface area (Å²) in [6.45, 7) is 4.00. The molecule has 2 aromatic rings. The number of anilines is 2. The van der Waals surface area contributed by atoms with Crippen LogP contribution < -0.4 is 16.0 Å². The molecule has 0 atom stereocenters. The molecular formula is C21H25N3O2S. The zero-order valence-corrected chi connectivity index (χ0v) is 16.4. The molecule has 2 amide bonds. The van der Waals surface area contributed by atoms with E-state index in [1.165, 1.54) is 0 Å². The predicted octanol–water partition coefficient (Wildman–Crippen LogP) is 4.12. The van der Waals surface area contributed by atoms with Crippen LogP contribution in [0.5, 0.6) is 0 Å². The molecule has 0 aliphatic rings. The molecule has 5 nitrogen and oxygen atoms in total. The molecule has 6 heteroatoms. The van der Waals surface area contributed by atoms with Crippen molar-refractivity contribution in [1.82, 2.24) is 5.32 Å². The Bertz CT molecular complexity index is 774. The molecule has 142 valence electrons. The number of aryl methyl sites for hydroxylation is 1. The van der Waals surface area contributed by atoms with Crippen LogP contribution in [0, 0.1) is 5.92 Å². The van der Waals surface area contributed by atoms with Crippen LogP contribution in [0.3, 0.4) is 0 Å².